The van der Waals surface area contributed by atoms with Crippen molar-refractivity contribution >= 4 is 5.97 Å². The molecule has 5 nitrogen and oxygen atoms in total. The third kappa shape index (κ3) is 1.69. The van der Waals surface area contributed by atoms with Crippen LogP contribution < -0.4 is 0 Å². The van der Waals surface area contributed by atoms with Crippen LogP contribution in [0.4, 0.5) is 4.39 Å². The van der Waals surface area contributed by atoms with Gasteiger partial charge in [-0.25, -0.2) is 14.2 Å². The highest BCUT2D eigenvalue weighted by Gasteiger charge is 2.13. The van der Waals surface area contributed by atoms with Crippen LogP contribution in [0.2, 0.25) is 0 Å². The number of benzene rings is 1. The molecule has 0 amide bonds. The third-order valence-corrected chi connectivity index (χ3v) is 1.80. The third-order valence-electron chi connectivity index (χ3n) is 1.80. The minimum Gasteiger partial charge on any atom is -0.475 e. The van der Waals surface area contributed by atoms with Gasteiger partial charge in [0.25, 0.3) is 0 Å². The molecule has 15 heavy (non-hydrogen) atoms. The molecule has 0 radical (unpaired) electrons. The van der Waals surface area contributed by atoms with E-state index in [-0.39, 0.29) is 17.2 Å². The summed E-state index contributed by atoms with van der Waals surface area (Å²) in [5, 5.41) is 14.4. The lowest BCUT2D eigenvalue weighted by molar-refractivity contribution is 0.0684. The second-order valence-corrected chi connectivity index (χ2v) is 2.79. The minimum atomic E-state index is -1.23. The fraction of sp³-hybridized carbons (Fsp3) is 0. The van der Waals surface area contributed by atoms with Crippen molar-refractivity contribution < 1.29 is 14.3 Å². The zero-order valence-electron chi connectivity index (χ0n) is 7.44. The number of carbonyl (C=O) groups is 1. The number of rotatable bonds is 2. The molecule has 1 aromatic heterocycles. The van der Waals surface area contributed by atoms with Crippen molar-refractivity contribution in [2.75, 3.05) is 0 Å². The molecule has 0 bridgehead atoms. The van der Waals surface area contributed by atoms with E-state index in [9.17, 15) is 9.18 Å². The van der Waals surface area contributed by atoms with Crippen molar-refractivity contribution in [3.63, 3.8) is 0 Å². The van der Waals surface area contributed by atoms with Crippen LogP contribution in [0.5, 0.6) is 0 Å². The molecule has 1 heterocycles. The van der Waals surface area contributed by atoms with Crippen LogP contribution in [0.1, 0.15) is 10.6 Å². The van der Waals surface area contributed by atoms with Gasteiger partial charge in [-0.15, -0.1) is 0 Å². The predicted octanol–water partition coefficient (Wildman–Crippen LogP) is 1.31. The first-order chi connectivity index (χ1) is 7.18. The van der Waals surface area contributed by atoms with Gasteiger partial charge in [-0.05, 0) is 12.1 Å². The first-order valence-corrected chi connectivity index (χ1v) is 4.09. The monoisotopic (exact) mass is 207 g/mol. The summed E-state index contributed by atoms with van der Waals surface area (Å²) in [6, 6.07) is 5.88. The van der Waals surface area contributed by atoms with E-state index in [1.54, 1.807) is 6.07 Å². The van der Waals surface area contributed by atoms with Gasteiger partial charge in [0.2, 0.25) is 5.82 Å². The lowest BCUT2D eigenvalue weighted by Crippen LogP contribution is -1.98. The average Bonchev–Trinajstić information content (AvgIpc) is 2.67. The zero-order chi connectivity index (χ0) is 10.8. The van der Waals surface area contributed by atoms with E-state index in [1.807, 2.05) is 0 Å². The molecular weight excluding hydrogens is 201 g/mol. The van der Waals surface area contributed by atoms with Gasteiger partial charge < -0.3 is 5.11 Å². The summed E-state index contributed by atoms with van der Waals surface area (Å²) < 4.78 is 13.2. The maximum atomic E-state index is 13.2. The molecule has 0 spiro atoms. The van der Waals surface area contributed by atoms with Gasteiger partial charge in [0.15, 0.2) is 5.82 Å². The van der Waals surface area contributed by atoms with E-state index >= 15 is 0 Å². The fourth-order valence-electron chi connectivity index (χ4n) is 1.12. The van der Waals surface area contributed by atoms with E-state index < -0.39 is 11.8 Å². The van der Waals surface area contributed by atoms with Gasteiger partial charge in [-0.3, -0.25) is 5.10 Å². The van der Waals surface area contributed by atoms with Gasteiger partial charge in [-0.1, -0.05) is 12.1 Å². The van der Waals surface area contributed by atoms with Crippen molar-refractivity contribution in [2.45, 2.75) is 0 Å². The molecular formula is C9H6FN3O2. The largest absolute Gasteiger partial charge is 0.475 e. The van der Waals surface area contributed by atoms with E-state index in [2.05, 4.69) is 15.2 Å². The van der Waals surface area contributed by atoms with Gasteiger partial charge >= 0.3 is 5.97 Å². The van der Waals surface area contributed by atoms with Crippen molar-refractivity contribution in [2.24, 2.45) is 0 Å². The number of H-pyrrole nitrogens is 1. The molecule has 0 saturated carbocycles. The number of hydrogen-bond donors (Lipinski definition) is 2. The van der Waals surface area contributed by atoms with E-state index in [1.165, 1.54) is 18.2 Å². The first kappa shape index (κ1) is 9.32. The van der Waals surface area contributed by atoms with E-state index in [0.29, 0.717) is 0 Å². The zero-order valence-corrected chi connectivity index (χ0v) is 7.44. The molecule has 0 atom stereocenters. The number of aromatic carboxylic acids is 1. The number of nitrogens with one attached hydrogen (secondary N) is 1. The number of aromatic nitrogens is 3. The Kier molecular flexibility index (Phi) is 2.17. The number of hydrogen-bond acceptors (Lipinski definition) is 3. The molecule has 0 unspecified atom stereocenters. The Hall–Kier alpha value is -2.24. The summed E-state index contributed by atoms with van der Waals surface area (Å²) in [5.41, 5.74) is 0.168. The summed E-state index contributed by atoms with van der Waals surface area (Å²) in [4.78, 5) is 14.1. The first-order valence-electron chi connectivity index (χ1n) is 4.09. The predicted molar refractivity (Wildman–Crippen MR) is 48.7 cm³/mol. The topological polar surface area (TPSA) is 78.9 Å². The summed E-state index contributed by atoms with van der Waals surface area (Å²) in [5.74, 6) is -2.00. The molecule has 6 heteroatoms. The molecule has 1 aromatic carbocycles. The van der Waals surface area contributed by atoms with Crippen molar-refractivity contribution in [3.8, 4) is 11.4 Å². The highest BCUT2D eigenvalue weighted by atomic mass is 19.1. The van der Waals surface area contributed by atoms with Crippen LogP contribution in [0.3, 0.4) is 0 Å². The van der Waals surface area contributed by atoms with Crippen LogP contribution in [-0.4, -0.2) is 26.3 Å². The number of nitrogens with zero attached hydrogens (tertiary/aromatic N) is 2. The Morgan fingerprint density at radius 2 is 2.13 bits per heavy atom. The summed E-state index contributed by atoms with van der Waals surface area (Å²) >= 11 is 0. The number of carboxylic acids is 1. The molecule has 2 N–H and O–H groups in total. The lowest BCUT2D eigenvalue weighted by atomic mass is 10.2. The minimum absolute atomic E-state index is 0.0329. The second-order valence-electron chi connectivity index (χ2n) is 2.79. The Labute approximate surface area is 83.6 Å². The maximum Gasteiger partial charge on any atom is 0.373 e. The van der Waals surface area contributed by atoms with Crippen LogP contribution in [0, 0.1) is 5.82 Å². The standard InChI is InChI=1S/C9H6FN3O2/c10-6-4-2-1-3-5(6)7-11-8(9(14)15)13-12-7/h1-4H,(H,14,15)(H,11,12,13). The van der Waals surface area contributed by atoms with E-state index in [0.717, 1.165) is 0 Å². The van der Waals surface area contributed by atoms with Crippen molar-refractivity contribution in [1.29, 1.82) is 0 Å². The Balaban J connectivity index is 2.46. The van der Waals surface area contributed by atoms with Gasteiger partial charge in [-0.2, -0.15) is 5.10 Å². The number of halogens is 1. The molecule has 0 aliphatic rings. The normalized spacial score (nSPS) is 10.2. The highest BCUT2D eigenvalue weighted by Crippen LogP contribution is 2.17. The molecule has 0 fully saturated rings. The van der Waals surface area contributed by atoms with Crippen LogP contribution in [-0.2, 0) is 0 Å². The Bertz CT molecular complexity index is 510. The molecule has 2 aromatic rings. The maximum absolute atomic E-state index is 13.2. The number of carboxylic acid groups (broad SMARTS) is 1. The van der Waals surface area contributed by atoms with Gasteiger partial charge in [0, 0.05) is 0 Å². The van der Waals surface area contributed by atoms with Crippen LogP contribution in [0.25, 0.3) is 11.4 Å². The summed E-state index contributed by atoms with van der Waals surface area (Å²) in [7, 11) is 0. The highest BCUT2D eigenvalue weighted by molar-refractivity contribution is 5.83. The number of aromatic amines is 1. The summed E-state index contributed by atoms with van der Waals surface area (Å²) in [6.45, 7) is 0. The SMILES string of the molecule is O=C(O)c1nc(-c2ccccc2F)n[nH]1. The van der Waals surface area contributed by atoms with Gasteiger partial charge in [0.1, 0.15) is 5.82 Å². The molecule has 0 saturated heterocycles. The molecule has 0 aliphatic heterocycles. The van der Waals surface area contributed by atoms with Crippen LogP contribution in [0.15, 0.2) is 24.3 Å². The van der Waals surface area contributed by atoms with Crippen LogP contribution >= 0.6 is 0 Å². The molecule has 2 rings (SSSR count). The second kappa shape index (κ2) is 3.49. The average molecular weight is 207 g/mol. The quantitative estimate of drug-likeness (QED) is 0.778. The lowest BCUT2D eigenvalue weighted by Gasteiger charge is -1.95. The van der Waals surface area contributed by atoms with Gasteiger partial charge in [0.05, 0.1) is 5.56 Å². The van der Waals surface area contributed by atoms with Crippen molar-refractivity contribution in [3.05, 3.63) is 35.9 Å². The molecule has 76 valence electrons. The smallest absolute Gasteiger partial charge is 0.373 e. The summed E-state index contributed by atoms with van der Waals surface area (Å²) in [6.07, 6.45) is 0. The Morgan fingerprint density at radius 3 is 2.73 bits per heavy atom. The fourth-order valence-corrected chi connectivity index (χ4v) is 1.12. The van der Waals surface area contributed by atoms with E-state index in [4.69, 9.17) is 5.11 Å². The molecule has 0 aliphatic carbocycles. The Morgan fingerprint density at radius 1 is 1.40 bits per heavy atom. The van der Waals surface area contributed by atoms with Crippen molar-refractivity contribution in [1.82, 2.24) is 15.2 Å².